The minimum Gasteiger partial charge on any atom is -0.383 e. The topological polar surface area (TPSA) is 56.1 Å². The fraction of sp³-hybridized carbons (Fsp3) is 0.467. The van der Waals surface area contributed by atoms with E-state index in [-0.39, 0.29) is 5.91 Å². The highest BCUT2D eigenvalue weighted by molar-refractivity contribution is 6.36. The van der Waals surface area contributed by atoms with Gasteiger partial charge in [0.05, 0.1) is 29.0 Å². The molecule has 1 amide bonds. The Balaban J connectivity index is 2.43. The standard InChI is InChI=1S/C15H19Cl2N3O3/c1-10-13(15(21)19(4-6-22-2)5-7-23-3)20-9-11(16)8-12(17)14(20)18-10/h8-9H,4-7H2,1-3H3. The number of aromatic nitrogens is 2. The molecule has 8 heteroatoms. The van der Waals surface area contributed by atoms with Crippen molar-refractivity contribution in [3.63, 3.8) is 0 Å². The molecule has 6 nitrogen and oxygen atoms in total. The highest BCUT2D eigenvalue weighted by atomic mass is 35.5. The largest absolute Gasteiger partial charge is 0.383 e. The van der Waals surface area contributed by atoms with Crippen molar-refractivity contribution in [1.82, 2.24) is 14.3 Å². The number of fused-ring (bicyclic) bond motifs is 1. The Morgan fingerprint density at radius 1 is 1.26 bits per heavy atom. The smallest absolute Gasteiger partial charge is 0.272 e. The minimum absolute atomic E-state index is 0.164. The zero-order chi connectivity index (χ0) is 17.0. The number of nitrogens with zero attached hydrogens (tertiary/aromatic N) is 3. The van der Waals surface area contributed by atoms with Gasteiger partial charge in [0, 0.05) is 33.5 Å². The van der Waals surface area contributed by atoms with Crippen LogP contribution in [-0.4, -0.2) is 60.7 Å². The first-order valence-corrected chi connectivity index (χ1v) is 7.86. The van der Waals surface area contributed by atoms with Crippen LogP contribution in [-0.2, 0) is 9.47 Å². The Morgan fingerprint density at radius 2 is 1.87 bits per heavy atom. The van der Waals surface area contributed by atoms with Gasteiger partial charge < -0.3 is 14.4 Å². The van der Waals surface area contributed by atoms with Gasteiger partial charge in [0.1, 0.15) is 5.69 Å². The van der Waals surface area contributed by atoms with Crippen LogP contribution in [0.25, 0.3) is 5.65 Å². The Bertz CT molecular complexity index is 695. The summed E-state index contributed by atoms with van der Waals surface area (Å²) in [4.78, 5) is 19.0. The van der Waals surface area contributed by atoms with Gasteiger partial charge in [0.15, 0.2) is 5.65 Å². The van der Waals surface area contributed by atoms with Crippen LogP contribution in [0.5, 0.6) is 0 Å². The Labute approximate surface area is 144 Å². The summed E-state index contributed by atoms with van der Waals surface area (Å²) in [6.07, 6.45) is 1.64. The molecule has 0 radical (unpaired) electrons. The van der Waals surface area contributed by atoms with Crippen molar-refractivity contribution in [2.45, 2.75) is 6.92 Å². The zero-order valence-electron chi connectivity index (χ0n) is 13.3. The van der Waals surface area contributed by atoms with Gasteiger partial charge in [-0.2, -0.15) is 0 Å². The van der Waals surface area contributed by atoms with Gasteiger partial charge in [-0.05, 0) is 13.0 Å². The fourth-order valence-corrected chi connectivity index (χ4v) is 2.83. The molecule has 0 unspecified atom stereocenters. The lowest BCUT2D eigenvalue weighted by atomic mass is 10.3. The van der Waals surface area contributed by atoms with Gasteiger partial charge in [-0.3, -0.25) is 9.20 Å². The maximum Gasteiger partial charge on any atom is 0.272 e. The molecule has 0 aromatic carbocycles. The normalized spacial score (nSPS) is 11.2. The number of carbonyl (C=O) groups is 1. The number of amides is 1. The van der Waals surface area contributed by atoms with Crippen molar-refractivity contribution in [1.29, 1.82) is 0 Å². The molecule has 0 bridgehead atoms. The molecule has 2 rings (SSSR count). The molecular weight excluding hydrogens is 341 g/mol. The van der Waals surface area contributed by atoms with Crippen molar-refractivity contribution >= 4 is 34.8 Å². The average Bonchev–Trinajstić information content (AvgIpc) is 2.83. The third kappa shape index (κ3) is 3.95. The second-order valence-corrected chi connectivity index (χ2v) is 5.87. The van der Waals surface area contributed by atoms with Crippen molar-refractivity contribution in [2.24, 2.45) is 0 Å². The first-order chi connectivity index (χ1) is 11.0. The summed E-state index contributed by atoms with van der Waals surface area (Å²) in [5, 5.41) is 0.842. The quantitative estimate of drug-likeness (QED) is 0.762. The summed E-state index contributed by atoms with van der Waals surface area (Å²) in [6.45, 7) is 3.56. The summed E-state index contributed by atoms with van der Waals surface area (Å²) in [6, 6.07) is 1.60. The van der Waals surface area contributed by atoms with Crippen LogP contribution in [0, 0.1) is 6.92 Å². The lowest BCUT2D eigenvalue weighted by Crippen LogP contribution is -2.37. The molecule has 0 atom stereocenters. The average molecular weight is 360 g/mol. The molecule has 0 spiro atoms. The molecular formula is C15H19Cl2N3O3. The maximum absolute atomic E-state index is 12.9. The summed E-state index contributed by atoms with van der Waals surface area (Å²) in [5.41, 5.74) is 1.55. The molecule has 2 aromatic rings. The number of hydrogen-bond donors (Lipinski definition) is 0. The number of rotatable bonds is 7. The molecule has 0 fully saturated rings. The van der Waals surface area contributed by atoms with Gasteiger partial charge in [-0.15, -0.1) is 0 Å². The van der Waals surface area contributed by atoms with E-state index in [0.29, 0.717) is 53.4 Å². The lowest BCUT2D eigenvalue weighted by Gasteiger charge is -2.22. The van der Waals surface area contributed by atoms with Crippen molar-refractivity contribution in [3.05, 3.63) is 33.7 Å². The molecule has 0 aliphatic rings. The van der Waals surface area contributed by atoms with Crippen LogP contribution in [0.2, 0.25) is 10.0 Å². The van der Waals surface area contributed by atoms with Crippen molar-refractivity contribution in [2.75, 3.05) is 40.5 Å². The number of aryl methyl sites for hydroxylation is 1. The van der Waals surface area contributed by atoms with Gasteiger partial charge >= 0.3 is 0 Å². The Kier molecular flexibility index (Phi) is 6.24. The van der Waals surface area contributed by atoms with E-state index < -0.39 is 0 Å². The fourth-order valence-electron chi connectivity index (χ4n) is 2.31. The van der Waals surface area contributed by atoms with Crippen LogP contribution in [0.1, 0.15) is 16.2 Å². The zero-order valence-corrected chi connectivity index (χ0v) is 14.8. The monoisotopic (exact) mass is 359 g/mol. The van der Waals surface area contributed by atoms with Crippen LogP contribution in [0.3, 0.4) is 0 Å². The van der Waals surface area contributed by atoms with E-state index in [4.69, 9.17) is 32.7 Å². The molecule has 0 aliphatic carbocycles. The van der Waals surface area contributed by atoms with Crippen LogP contribution >= 0.6 is 23.2 Å². The predicted octanol–water partition coefficient (Wildman–Crippen LogP) is 2.68. The minimum atomic E-state index is -0.164. The molecule has 2 heterocycles. The van der Waals surface area contributed by atoms with E-state index in [9.17, 15) is 4.79 Å². The van der Waals surface area contributed by atoms with Gasteiger partial charge in [0.25, 0.3) is 5.91 Å². The van der Waals surface area contributed by atoms with Crippen molar-refractivity contribution < 1.29 is 14.3 Å². The molecule has 0 aliphatic heterocycles. The van der Waals surface area contributed by atoms with E-state index in [1.807, 2.05) is 0 Å². The first kappa shape index (κ1) is 18.0. The van der Waals surface area contributed by atoms with E-state index in [2.05, 4.69) is 4.98 Å². The highest BCUT2D eigenvalue weighted by Crippen LogP contribution is 2.25. The third-order valence-electron chi connectivity index (χ3n) is 3.44. The summed E-state index contributed by atoms with van der Waals surface area (Å²) < 4.78 is 11.8. The Morgan fingerprint density at radius 3 is 2.43 bits per heavy atom. The highest BCUT2D eigenvalue weighted by Gasteiger charge is 2.23. The van der Waals surface area contributed by atoms with E-state index in [1.54, 1.807) is 42.7 Å². The van der Waals surface area contributed by atoms with Crippen molar-refractivity contribution in [3.8, 4) is 0 Å². The molecule has 23 heavy (non-hydrogen) atoms. The van der Waals surface area contributed by atoms with Crippen LogP contribution in [0.4, 0.5) is 0 Å². The molecule has 0 N–H and O–H groups in total. The van der Waals surface area contributed by atoms with E-state index in [1.165, 1.54) is 0 Å². The summed E-state index contributed by atoms with van der Waals surface area (Å²) in [5.74, 6) is -0.164. The summed E-state index contributed by atoms with van der Waals surface area (Å²) in [7, 11) is 3.19. The number of hydrogen-bond acceptors (Lipinski definition) is 4. The second kappa shape index (κ2) is 7.97. The van der Waals surface area contributed by atoms with Crippen LogP contribution in [0.15, 0.2) is 12.3 Å². The Hall–Kier alpha value is -1.34. The first-order valence-electron chi connectivity index (χ1n) is 7.10. The van der Waals surface area contributed by atoms with Crippen LogP contribution < -0.4 is 0 Å². The lowest BCUT2D eigenvalue weighted by molar-refractivity contribution is 0.0620. The number of carbonyl (C=O) groups excluding carboxylic acids is 1. The second-order valence-electron chi connectivity index (χ2n) is 5.02. The van der Waals surface area contributed by atoms with Gasteiger partial charge in [-0.25, -0.2) is 4.98 Å². The SMILES string of the molecule is COCCN(CCOC)C(=O)c1c(C)nc2c(Cl)cc(Cl)cn12. The summed E-state index contributed by atoms with van der Waals surface area (Å²) >= 11 is 12.2. The molecule has 0 saturated heterocycles. The number of halogens is 2. The third-order valence-corrected chi connectivity index (χ3v) is 3.92. The number of imidazole rings is 1. The van der Waals surface area contributed by atoms with Gasteiger partial charge in [0.2, 0.25) is 0 Å². The number of ether oxygens (including phenoxy) is 2. The number of methoxy groups -OCH3 is 2. The maximum atomic E-state index is 12.9. The molecule has 0 saturated carbocycles. The van der Waals surface area contributed by atoms with E-state index in [0.717, 1.165) is 0 Å². The number of pyridine rings is 1. The molecule has 126 valence electrons. The van der Waals surface area contributed by atoms with E-state index >= 15 is 0 Å². The predicted molar refractivity (Wildman–Crippen MR) is 89.6 cm³/mol. The molecule has 2 aromatic heterocycles. The van der Waals surface area contributed by atoms with Gasteiger partial charge in [-0.1, -0.05) is 23.2 Å².